The molecule has 0 spiro atoms. The van der Waals surface area contributed by atoms with Gasteiger partial charge in [0.2, 0.25) is 11.6 Å². The SMILES string of the molecule is CC(=O)ON=C(C(=O)c1ccc2cc(OCC(C)C)ccc2c1)C(=O)c1ccc2cc(OCC(C)C)ccc2c1. The third-order valence-electron chi connectivity index (χ3n) is 6.01. The Morgan fingerprint density at radius 3 is 1.43 bits per heavy atom. The smallest absolute Gasteiger partial charge is 0.332 e. The molecule has 0 aliphatic carbocycles. The zero-order chi connectivity index (χ0) is 28.8. The molecule has 0 saturated carbocycles. The number of nitrogens with zero attached hydrogens (tertiary/aromatic N) is 1. The Balaban J connectivity index is 1.62. The van der Waals surface area contributed by atoms with Gasteiger partial charge in [-0.3, -0.25) is 9.59 Å². The second kappa shape index (κ2) is 12.6. The first-order valence-corrected chi connectivity index (χ1v) is 13.3. The van der Waals surface area contributed by atoms with E-state index in [0.29, 0.717) is 25.0 Å². The molecule has 0 aliphatic rings. The maximum atomic E-state index is 13.5. The van der Waals surface area contributed by atoms with Gasteiger partial charge in [-0.05, 0) is 69.8 Å². The van der Waals surface area contributed by atoms with Crippen molar-refractivity contribution < 1.29 is 28.7 Å². The maximum absolute atomic E-state index is 13.5. The Hall–Kier alpha value is -4.52. The van der Waals surface area contributed by atoms with E-state index in [9.17, 15) is 14.4 Å². The van der Waals surface area contributed by atoms with E-state index in [1.165, 1.54) is 0 Å². The summed E-state index contributed by atoms with van der Waals surface area (Å²) in [6.45, 7) is 10.7. The summed E-state index contributed by atoms with van der Waals surface area (Å²) in [6.07, 6.45) is 0. The first-order valence-electron chi connectivity index (χ1n) is 13.3. The molecule has 0 bridgehead atoms. The summed E-state index contributed by atoms with van der Waals surface area (Å²) in [5, 5.41) is 7.03. The summed E-state index contributed by atoms with van der Waals surface area (Å²) in [4.78, 5) is 43.3. The number of ether oxygens (including phenoxy) is 2. The minimum absolute atomic E-state index is 0.246. The molecule has 0 aromatic heterocycles. The summed E-state index contributed by atoms with van der Waals surface area (Å²) in [6, 6.07) is 21.4. The van der Waals surface area contributed by atoms with E-state index in [1.54, 1.807) is 36.4 Å². The molecule has 206 valence electrons. The Morgan fingerprint density at radius 2 is 1.02 bits per heavy atom. The molecule has 40 heavy (non-hydrogen) atoms. The topological polar surface area (TPSA) is 91.3 Å². The largest absolute Gasteiger partial charge is 0.493 e. The van der Waals surface area contributed by atoms with E-state index in [2.05, 4.69) is 32.9 Å². The molecule has 7 nitrogen and oxygen atoms in total. The van der Waals surface area contributed by atoms with E-state index >= 15 is 0 Å². The molecular formula is C33H33NO6. The molecule has 4 aromatic carbocycles. The molecule has 4 aromatic rings. The number of carbonyl (C=O) groups is 3. The highest BCUT2D eigenvalue weighted by atomic mass is 16.7. The highest BCUT2D eigenvalue weighted by molar-refractivity contribution is 6.71. The van der Waals surface area contributed by atoms with Gasteiger partial charge in [0.25, 0.3) is 0 Å². The van der Waals surface area contributed by atoms with Gasteiger partial charge < -0.3 is 14.3 Å². The number of rotatable bonds is 11. The van der Waals surface area contributed by atoms with Gasteiger partial charge in [-0.15, -0.1) is 0 Å². The third kappa shape index (κ3) is 7.11. The Labute approximate surface area is 233 Å². The van der Waals surface area contributed by atoms with Crippen LogP contribution in [0.1, 0.15) is 55.3 Å². The van der Waals surface area contributed by atoms with Crippen molar-refractivity contribution >= 4 is 44.8 Å². The predicted octanol–water partition coefficient (Wildman–Crippen LogP) is 7.05. The minimum Gasteiger partial charge on any atom is -0.493 e. The van der Waals surface area contributed by atoms with Gasteiger partial charge in [0, 0.05) is 18.1 Å². The number of fused-ring (bicyclic) bond motifs is 2. The second-order valence-electron chi connectivity index (χ2n) is 10.5. The Kier molecular flexibility index (Phi) is 8.94. The van der Waals surface area contributed by atoms with Crippen LogP contribution in [0.3, 0.4) is 0 Å². The zero-order valence-corrected chi connectivity index (χ0v) is 23.4. The van der Waals surface area contributed by atoms with Crippen molar-refractivity contribution in [3.8, 4) is 11.5 Å². The van der Waals surface area contributed by atoms with Crippen LogP contribution in [0.15, 0.2) is 78.0 Å². The first kappa shape index (κ1) is 28.5. The highest BCUT2D eigenvalue weighted by Crippen LogP contribution is 2.25. The van der Waals surface area contributed by atoms with E-state index in [0.717, 1.165) is 40.0 Å². The van der Waals surface area contributed by atoms with Crippen molar-refractivity contribution in [1.29, 1.82) is 0 Å². The standard InChI is InChI=1S/C33H33NO6/c1-20(2)18-38-29-12-10-23-14-27(8-6-25(23)16-29)32(36)31(34-40-22(5)35)33(37)28-9-7-26-17-30(39-19-21(3)4)13-11-24(26)15-28/h6-17,20-21H,18-19H2,1-5H3. The fourth-order valence-electron chi connectivity index (χ4n) is 4.00. The van der Waals surface area contributed by atoms with Crippen molar-refractivity contribution in [2.75, 3.05) is 13.2 Å². The first-order chi connectivity index (χ1) is 19.1. The maximum Gasteiger partial charge on any atom is 0.332 e. The number of benzene rings is 4. The fourth-order valence-corrected chi connectivity index (χ4v) is 4.00. The molecule has 0 radical (unpaired) electrons. The number of hydrogen-bond acceptors (Lipinski definition) is 7. The second-order valence-corrected chi connectivity index (χ2v) is 10.5. The van der Waals surface area contributed by atoms with Crippen LogP contribution in [-0.2, 0) is 9.63 Å². The third-order valence-corrected chi connectivity index (χ3v) is 6.01. The number of carbonyl (C=O) groups excluding carboxylic acids is 3. The molecule has 0 unspecified atom stereocenters. The summed E-state index contributed by atoms with van der Waals surface area (Å²) in [5.74, 6) is 0.235. The van der Waals surface area contributed by atoms with Crippen LogP contribution >= 0.6 is 0 Å². The minimum atomic E-state index is -0.738. The monoisotopic (exact) mass is 539 g/mol. The lowest BCUT2D eigenvalue weighted by Gasteiger charge is -2.11. The van der Waals surface area contributed by atoms with Crippen molar-refractivity contribution in [3.63, 3.8) is 0 Å². The van der Waals surface area contributed by atoms with Gasteiger partial charge in [0.1, 0.15) is 11.5 Å². The number of oxime groups is 1. The molecule has 7 heteroatoms. The van der Waals surface area contributed by atoms with Crippen LogP contribution in [0.5, 0.6) is 11.5 Å². The predicted molar refractivity (Wildman–Crippen MR) is 156 cm³/mol. The average Bonchev–Trinajstić information content (AvgIpc) is 2.93. The zero-order valence-electron chi connectivity index (χ0n) is 23.4. The molecule has 0 aliphatic heterocycles. The molecule has 0 amide bonds. The van der Waals surface area contributed by atoms with Crippen molar-refractivity contribution in [2.24, 2.45) is 17.0 Å². The van der Waals surface area contributed by atoms with Crippen LogP contribution in [0, 0.1) is 11.8 Å². The van der Waals surface area contributed by atoms with E-state index < -0.39 is 23.2 Å². The molecule has 0 heterocycles. The molecule has 0 N–H and O–H groups in total. The lowest BCUT2D eigenvalue weighted by atomic mass is 9.96. The van der Waals surface area contributed by atoms with Crippen LogP contribution < -0.4 is 9.47 Å². The summed E-state index contributed by atoms with van der Waals surface area (Å²) < 4.78 is 11.6. The number of Topliss-reactive ketones (excluding diaryl/α,β-unsaturated/α-hetero) is 2. The van der Waals surface area contributed by atoms with Gasteiger partial charge >= 0.3 is 5.97 Å². The number of ketones is 2. The Bertz CT molecular complexity index is 1490. The van der Waals surface area contributed by atoms with E-state index in [1.807, 2.05) is 36.4 Å². The van der Waals surface area contributed by atoms with Crippen molar-refractivity contribution in [3.05, 3.63) is 83.9 Å². The molecule has 0 atom stereocenters. The average molecular weight is 540 g/mol. The lowest BCUT2D eigenvalue weighted by molar-refractivity contribution is -0.140. The van der Waals surface area contributed by atoms with Crippen LogP contribution in [0.4, 0.5) is 0 Å². The molecular weight excluding hydrogens is 506 g/mol. The summed E-state index contributed by atoms with van der Waals surface area (Å²) in [7, 11) is 0. The summed E-state index contributed by atoms with van der Waals surface area (Å²) >= 11 is 0. The lowest BCUT2D eigenvalue weighted by Crippen LogP contribution is -2.25. The van der Waals surface area contributed by atoms with Gasteiger partial charge in [-0.2, -0.15) is 0 Å². The highest BCUT2D eigenvalue weighted by Gasteiger charge is 2.25. The van der Waals surface area contributed by atoms with E-state index in [-0.39, 0.29) is 11.1 Å². The van der Waals surface area contributed by atoms with Crippen molar-refractivity contribution in [1.82, 2.24) is 0 Å². The van der Waals surface area contributed by atoms with Crippen LogP contribution in [0.2, 0.25) is 0 Å². The van der Waals surface area contributed by atoms with Gasteiger partial charge in [-0.1, -0.05) is 69.2 Å². The quantitative estimate of drug-likeness (QED) is 0.0667. The normalized spacial score (nSPS) is 11.1. The number of hydrogen-bond donors (Lipinski definition) is 0. The fraction of sp³-hybridized carbons (Fsp3) is 0.273. The van der Waals surface area contributed by atoms with Crippen LogP contribution in [-0.4, -0.2) is 36.5 Å². The molecule has 0 fully saturated rings. The van der Waals surface area contributed by atoms with E-state index in [4.69, 9.17) is 14.3 Å². The molecule has 0 saturated heterocycles. The van der Waals surface area contributed by atoms with Crippen LogP contribution in [0.25, 0.3) is 21.5 Å². The molecule has 4 rings (SSSR count). The van der Waals surface area contributed by atoms with Gasteiger partial charge in [0.15, 0.2) is 5.71 Å². The van der Waals surface area contributed by atoms with Gasteiger partial charge in [0.05, 0.1) is 13.2 Å². The Morgan fingerprint density at radius 1 is 0.625 bits per heavy atom. The van der Waals surface area contributed by atoms with Crippen molar-refractivity contribution in [2.45, 2.75) is 34.6 Å². The van der Waals surface area contributed by atoms with Gasteiger partial charge in [-0.25, -0.2) is 4.79 Å². The summed E-state index contributed by atoms with van der Waals surface area (Å²) in [5.41, 5.74) is 0.00772.